The number of carbonyl (C=O) groups is 4. The van der Waals surface area contributed by atoms with Crippen molar-refractivity contribution in [2.45, 2.75) is 37.9 Å². The molecule has 1 amide bonds. The van der Waals surface area contributed by atoms with Gasteiger partial charge in [0.2, 0.25) is 11.9 Å². The Morgan fingerprint density at radius 3 is 2.02 bits per heavy atom. The van der Waals surface area contributed by atoms with Crippen LogP contribution in [0.4, 0.5) is 5.95 Å². The molecule has 5 aromatic rings. The van der Waals surface area contributed by atoms with E-state index in [1.165, 1.54) is 24.7 Å². The van der Waals surface area contributed by atoms with Gasteiger partial charge in [-0.2, -0.15) is 4.98 Å². The zero-order valence-electron chi connectivity index (χ0n) is 25.7. The third-order valence-electron chi connectivity index (χ3n) is 7.63. The molecule has 3 heterocycles. The highest BCUT2D eigenvalue weighted by atomic mass is 16.7. The molecule has 1 fully saturated rings. The summed E-state index contributed by atoms with van der Waals surface area (Å²) in [6.45, 7) is 2.32. The van der Waals surface area contributed by atoms with E-state index in [0.29, 0.717) is 0 Å². The quantitative estimate of drug-likeness (QED) is 0.175. The molecule has 0 saturated carbocycles. The number of H-pyrrole nitrogens is 1. The van der Waals surface area contributed by atoms with E-state index >= 15 is 0 Å². The van der Waals surface area contributed by atoms with Crippen LogP contribution < -0.4 is 10.9 Å². The van der Waals surface area contributed by atoms with Crippen molar-refractivity contribution in [3.05, 3.63) is 124 Å². The van der Waals surface area contributed by atoms with Gasteiger partial charge in [0, 0.05) is 6.92 Å². The molecular formula is C34H29N5O9. The van der Waals surface area contributed by atoms with Gasteiger partial charge in [0.25, 0.3) is 5.56 Å². The van der Waals surface area contributed by atoms with E-state index in [2.05, 4.69) is 20.3 Å². The second kappa shape index (κ2) is 13.3. The molecule has 2 N–H and O–H groups in total. The largest absolute Gasteiger partial charge is 0.459 e. The zero-order chi connectivity index (χ0) is 33.8. The maximum absolute atomic E-state index is 13.6. The number of amides is 1. The van der Waals surface area contributed by atoms with Crippen molar-refractivity contribution in [2.75, 3.05) is 11.9 Å². The van der Waals surface area contributed by atoms with Gasteiger partial charge in [-0.25, -0.2) is 19.4 Å². The summed E-state index contributed by atoms with van der Waals surface area (Å²) in [4.78, 5) is 75.7. The lowest BCUT2D eigenvalue weighted by Crippen LogP contribution is -2.50. The van der Waals surface area contributed by atoms with Gasteiger partial charge in [-0.05, 0) is 43.3 Å². The average Bonchev–Trinajstić information content (AvgIpc) is 3.62. The number of benzene rings is 3. The highest BCUT2D eigenvalue weighted by Gasteiger charge is 2.60. The Balaban J connectivity index is 1.45. The van der Waals surface area contributed by atoms with Gasteiger partial charge < -0.3 is 18.9 Å². The molecule has 48 heavy (non-hydrogen) atoms. The number of nitrogens with one attached hydrogen (secondary N) is 2. The van der Waals surface area contributed by atoms with Crippen LogP contribution in [0.3, 0.4) is 0 Å². The van der Waals surface area contributed by atoms with Crippen LogP contribution in [0.25, 0.3) is 11.2 Å². The number of anilines is 1. The number of aromatic nitrogens is 4. The molecule has 4 unspecified atom stereocenters. The third-order valence-corrected chi connectivity index (χ3v) is 7.63. The second-order valence-electron chi connectivity index (χ2n) is 11.0. The van der Waals surface area contributed by atoms with Crippen LogP contribution in [0.2, 0.25) is 0 Å². The van der Waals surface area contributed by atoms with E-state index < -0.39 is 60.0 Å². The van der Waals surface area contributed by atoms with Crippen LogP contribution in [0.5, 0.6) is 0 Å². The lowest BCUT2D eigenvalue weighted by atomic mass is 9.95. The predicted molar refractivity (Wildman–Crippen MR) is 169 cm³/mol. The first-order valence-corrected chi connectivity index (χ1v) is 14.8. The molecule has 1 saturated heterocycles. The van der Waals surface area contributed by atoms with Crippen molar-refractivity contribution in [1.82, 2.24) is 19.5 Å². The number of nitrogens with zero attached hydrogens (tertiary/aromatic N) is 3. The molecule has 1 aliphatic rings. The summed E-state index contributed by atoms with van der Waals surface area (Å²) >= 11 is 0. The Labute approximate surface area is 272 Å². The number of ether oxygens (including phenoxy) is 4. The monoisotopic (exact) mass is 651 g/mol. The maximum atomic E-state index is 13.6. The summed E-state index contributed by atoms with van der Waals surface area (Å²) in [7, 11) is 0. The van der Waals surface area contributed by atoms with Gasteiger partial charge in [0.15, 0.2) is 29.1 Å². The van der Waals surface area contributed by atoms with Crippen LogP contribution >= 0.6 is 0 Å². The average molecular weight is 652 g/mol. The third kappa shape index (κ3) is 6.41. The molecule has 2 aromatic heterocycles. The fourth-order valence-corrected chi connectivity index (χ4v) is 5.38. The van der Waals surface area contributed by atoms with Crippen molar-refractivity contribution < 1.29 is 38.1 Å². The van der Waals surface area contributed by atoms with Crippen LogP contribution in [0.15, 0.2) is 102 Å². The molecule has 0 aliphatic carbocycles. The molecule has 6 rings (SSSR count). The SMILES string of the molecule is CC(=O)Nc1nc2c(ncn2C2OC(COC(=O)c3ccccc3)C(OC(=O)c3ccccc3)C2(C)OC(=O)c2ccccc2)c(=O)[nH]1. The highest BCUT2D eigenvalue weighted by Crippen LogP contribution is 2.44. The molecule has 14 nitrogen and oxygen atoms in total. The summed E-state index contributed by atoms with van der Waals surface area (Å²) in [5, 5.41) is 2.43. The smallest absolute Gasteiger partial charge is 0.338 e. The fraction of sp³-hybridized carbons (Fsp3) is 0.206. The van der Waals surface area contributed by atoms with E-state index in [1.807, 2.05) is 0 Å². The summed E-state index contributed by atoms with van der Waals surface area (Å²) in [6, 6.07) is 24.6. The Morgan fingerprint density at radius 1 is 0.875 bits per heavy atom. The van der Waals surface area contributed by atoms with Crippen LogP contribution in [0.1, 0.15) is 51.1 Å². The van der Waals surface area contributed by atoms with Crippen molar-refractivity contribution in [3.63, 3.8) is 0 Å². The topological polar surface area (TPSA) is 181 Å². The van der Waals surface area contributed by atoms with Crippen molar-refractivity contribution in [3.8, 4) is 0 Å². The van der Waals surface area contributed by atoms with Crippen molar-refractivity contribution in [1.29, 1.82) is 0 Å². The fourth-order valence-electron chi connectivity index (χ4n) is 5.38. The Morgan fingerprint density at radius 2 is 1.44 bits per heavy atom. The lowest BCUT2D eigenvalue weighted by Gasteiger charge is -2.34. The number of esters is 3. The van der Waals surface area contributed by atoms with E-state index in [0.717, 1.165) is 0 Å². The van der Waals surface area contributed by atoms with Gasteiger partial charge >= 0.3 is 17.9 Å². The minimum atomic E-state index is -1.84. The Hall–Kier alpha value is -6.15. The molecule has 14 heteroatoms. The number of hydrogen-bond acceptors (Lipinski definition) is 11. The first-order valence-electron chi connectivity index (χ1n) is 14.8. The van der Waals surface area contributed by atoms with Gasteiger partial charge in [-0.3, -0.25) is 24.5 Å². The summed E-state index contributed by atoms with van der Waals surface area (Å²) in [5.41, 5.74) is -1.97. The van der Waals surface area contributed by atoms with Crippen LogP contribution in [-0.4, -0.2) is 67.7 Å². The van der Waals surface area contributed by atoms with Gasteiger partial charge in [-0.15, -0.1) is 0 Å². The lowest BCUT2D eigenvalue weighted by molar-refractivity contribution is -0.114. The van der Waals surface area contributed by atoms with Gasteiger partial charge in [0.05, 0.1) is 23.0 Å². The van der Waals surface area contributed by atoms with Gasteiger partial charge in [-0.1, -0.05) is 54.6 Å². The molecule has 1 aliphatic heterocycles. The Kier molecular flexibility index (Phi) is 8.81. The number of imidazole rings is 1. The second-order valence-corrected chi connectivity index (χ2v) is 11.0. The van der Waals surface area contributed by atoms with E-state index in [-0.39, 0.29) is 33.8 Å². The number of rotatable bonds is 9. The van der Waals surface area contributed by atoms with E-state index in [1.54, 1.807) is 91.0 Å². The Bertz CT molecular complexity index is 2030. The first-order chi connectivity index (χ1) is 23.1. The van der Waals surface area contributed by atoms with Crippen molar-refractivity contribution >= 4 is 40.9 Å². The van der Waals surface area contributed by atoms with Gasteiger partial charge in [0.1, 0.15) is 12.7 Å². The normalized spacial score (nSPS) is 20.2. The van der Waals surface area contributed by atoms with Crippen LogP contribution in [0, 0.1) is 0 Å². The minimum absolute atomic E-state index is 0.0375. The summed E-state index contributed by atoms with van der Waals surface area (Å²) in [5.74, 6) is -2.86. The number of carbonyl (C=O) groups excluding carboxylic acids is 4. The molecule has 0 spiro atoms. The molecule has 0 radical (unpaired) electrons. The number of hydrogen-bond donors (Lipinski definition) is 2. The highest BCUT2D eigenvalue weighted by molar-refractivity contribution is 5.91. The minimum Gasteiger partial charge on any atom is -0.459 e. The molecule has 4 atom stereocenters. The standard InChI is InChI=1S/C34H29N5O9/c1-20(40)36-33-37-27-25(28(41)38-33)35-19-39(27)32-34(2,48-31(44)23-16-10-5-11-17-23)26(47-30(43)22-14-8-4-9-15-22)24(46-32)18-45-29(42)21-12-6-3-7-13-21/h3-17,19,24,26,32H,18H2,1-2H3,(H2,36,37,38,40,41). The van der Waals surface area contributed by atoms with E-state index in [9.17, 15) is 24.0 Å². The molecule has 3 aromatic carbocycles. The molecular weight excluding hydrogens is 622 g/mol. The molecule has 244 valence electrons. The predicted octanol–water partition coefficient (Wildman–Crippen LogP) is 3.67. The van der Waals surface area contributed by atoms with Crippen molar-refractivity contribution in [2.24, 2.45) is 0 Å². The molecule has 0 bridgehead atoms. The summed E-state index contributed by atoms with van der Waals surface area (Å²) in [6.07, 6.45) is -2.67. The van der Waals surface area contributed by atoms with E-state index in [4.69, 9.17) is 18.9 Å². The summed E-state index contributed by atoms with van der Waals surface area (Å²) < 4.78 is 25.5. The number of aromatic amines is 1. The maximum Gasteiger partial charge on any atom is 0.338 e. The first kappa shape index (κ1) is 31.8. The van der Waals surface area contributed by atoms with Crippen LogP contribution in [-0.2, 0) is 23.7 Å². The zero-order valence-corrected chi connectivity index (χ0v) is 25.7. The number of fused-ring (bicyclic) bond motifs is 1.